The summed E-state index contributed by atoms with van der Waals surface area (Å²) in [6.07, 6.45) is 1.58. The van der Waals surface area contributed by atoms with Crippen LogP contribution in [0.5, 0.6) is 0 Å². The summed E-state index contributed by atoms with van der Waals surface area (Å²) < 4.78 is 0. The molecule has 0 aromatic rings. The fourth-order valence-electron chi connectivity index (χ4n) is 1.09. The molecule has 0 aliphatic heterocycles. The minimum atomic E-state index is 0.171. The van der Waals surface area contributed by atoms with E-state index in [2.05, 4.69) is 39.9 Å². The average Bonchev–Trinajstić information content (AvgIpc) is 1.99. The van der Waals surface area contributed by atoms with Crippen LogP contribution in [0.4, 0.5) is 0 Å². The minimum absolute atomic E-state index is 0.171. The highest BCUT2D eigenvalue weighted by Crippen LogP contribution is 2.41. The highest BCUT2D eigenvalue weighted by Gasteiger charge is 2.32. The molecule has 14 heavy (non-hydrogen) atoms. The van der Waals surface area contributed by atoms with Crippen LogP contribution in [0.15, 0.2) is 0 Å². The van der Waals surface area contributed by atoms with E-state index in [1.54, 1.807) is 0 Å². The molecule has 0 atom stereocenters. The summed E-state index contributed by atoms with van der Waals surface area (Å²) in [5.41, 5.74) is 0.456. The number of carbonyl (C=O) groups excluding carboxylic acids is 1. The molecule has 0 saturated heterocycles. The highest BCUT2D eigenvalue weighted by atomic mass is 16.1. The standard InChI is InChI=1S/C12H25NO/c1-7-13-10(14)8-9-12(5,6)11(2,3)4/h7-9H2,1-6H3,(H,13,14). The quantitative estimate of drug-likeness (QED) is 0.741. The first-order valence-electron chi connectivity index (χ1n) is 5.47. The fraction of sp³-hybridized carbons (Fsp3) is 0.917. The van der Waals surface area contributed by atoms with E-state index in [9.17, 15) is 4.79 Å². The molecule has 0 unspecified atom stereocenters. The van der Waals surface area contributed by atoms with E-state index in [0.717, 1.165) is 13.0 Å². The van der Waals surface area contributed by atoms with Crippen LogP contribution in [0.1, 0.15) is 54.4 Å². The van der Waals surface area contributed by atoms with Crippen LogP contribution < -0.4 is 5.32 Å². The highest BCUT2D eigenvalue weighted by molar-refractivity contribution is 5.75. The Kier molecular flexibility index (Phi) is 4.63. The van der Waals surface area contributed by atoms with Gasteiger partial charge in [0.05, 0.1) is 0 Å². The first-order chi connectivity index (χ1) is 6.20. The van der Waals surface area contributed by atoms with E-state index in [0.29, 0.717) is 6.42 Å². The second-order valence-corrected chi connectivity index (χ2v) is 5.59. The van der Waals surface area contributed by atoms with Crippen molar-refractivity contribution in [3.8, 4) is 0 Å². The van der Waals surface area contributed by atoms with Gasteiger partial charge in [0.2, 0.25) is 5.91 Å². The van der Waals surface area contributed by atoms with Gasteiger partial charge in [-0.1, -0.05) is 34.6 Å². The van der Waals surface area contributed by atoms with Crippen molar-refractivity contribution in [3.63, 3.8) is 0 Å². The van der Waals surface area contributed by atoms with Gasteiger partial charge in [0.1, 0.15) is 0 Å². The monoisotopic (exact) mass is 199 g/mol. The van der Waals surface area contributed by atoms with Crippen molar-refractivity contribution in [2.75, 3.05) is 6.54 Å². The van der Waals surface area contributed by atoms with E-state index in [-0.39, 0.29) is 16.7 Å². The molecule has 84 valence electrons. The van der Waals surface area contributed by atoms with E-state index in [1.165, 1.54) is 0 Å². The van der Waals surface area contributed by atoms with Crippen LogP contribution in [-0.4, -0.2) is 12.5 Å². The van der Waals surface area contributed by atoms with Gasteiger partial charge in [0, 0.05) is 13.0 Å². The Morgan fingerprint density at radius 2 is 1.64 bits per heavy atom. The Labute approximate surface area is 88.5 Å². The molecule has 0 fully saturated rings. The molecule has 0 aromatic heterocycles. The van der Waals surface area contributed by atoms with E-state index in [1.807, 2.05) is 6.92 Å². The zero-order chi connectivity index (χ0) is 11.4. The van der Waals surface area contributed by atoms with Crippen molar-refractivity contribution < 1.29 is 4.79 Å². The summed E-state index contributed by atoms with van der Waals surface area (Å²) in [5, 5.41) is 2.83. The predicted molar refractivity (Wildman–Crippen MR) is 61.2 cm³/mol. The third kappa shape index (κ3) is 4.12. The second-order valence-electron chi connectivity index (χ2n) is 5.59. The Morgan fingerprint density at radius 1 is 1.14 bits per heavy atom. The van der Waals surface area contributed by atoms with Gasteiger partial charge in [-0.3, -0.25) is 4.79 Å². The van der Waals surface area contributed by atoms with Crippen molar-refractivity contribution in [2.24, 2.45) is 10.8 Å². The van der Waals surface area contributed by atoms with Crippen LogP contribution in [-0.2, 0) is 4.79 Å². The summed E-state index contributed by atoms with van der Waals surface area (Å²) in [4.78, 5) is 11.3. The van der Waals surface area contributed by atoms with E-state index >= 15 is 0 Å². The van der Waals surface area contributed by atoms with Crippen molar-refractivity contribution >= 4 is 5.91 Å². The number of carbonyl (C=O) groups is 1. The molecular weight excluding hydrogens is 174 g/mol. The number of hydrogen-bond donors (Lipinski definition) is 1. The third-order valence-corrected chi connectivity index (χ3v) is 3.38. The summed E-state index contributed by atoms with van der Waals surface area (Å²) in [5.74, 6) is 0.171. The zero-order valence-electron chi connectivity index (χ0n) is 10.5. The molecule has 0 heterocycles. The lowest BCUT2D eigenvalue weighted by Crippen LogP contribution is -2.32. The first kappa shape index (κ1) is 13.5. The summed E-state index contributed by atoms with van der Waals surface area (Å²) in [7, 11) is 0. The molecule has 0 spiro atoms. The topological polar surface area (TPSA) is 29.1 Å². The van der Waals surface area contributed by atoms with Crippen LogP contribution in [0.25, 0.3) is 0 Å². The van der Waals surface area contributed by atoms with Crippen molar-refractivity contribution in [1.29, 1.82) is 0 Å². The Balaban J connectivity index is 4.06. The van der Waals surface area contributed by atoms with Gasteiger partial charge in [0.15, 0.2) is 0 Å². The number of nitrogens with one attached hydrogen (secondary N) is 1. The minimum Gasteiger partial charge on any atom is -0.356 e. The molecule has 0 aliphatic carbocycles. The van der Waals surface area contributed by atoms with Crippen LogP contribution >= 0.6 is 0 Å². The maximum atomic E-state index is 11.3. The maximum absolute atomic E-state index is 11.3. The van der Waals surface area contributed by atoms with Gasteiger partial charge in [-0.25, -0.2) is 0 Å². The maximum Gasteiger partial charge on any atom is 0.220 e. The van der Waals surface area contributed by atoms with Gasteiger partial charge < -0.3 is 5.32 Å². The molecule has 0 aromatic carbocycles. The van der Waals surface area contributed by atoms with Crippen molar-refractivity contribution in [3.05, 3.63) is 0 Å². The molecule has 0 saturated carbocycles. The molecule has 1 N–H and O–H groups in total. The predicted octanol–water partition coefficient (Wildman–Crippen LogP) is 2.98. The largest absolute Gasteiger partial charge is 0.356 e. The molecule has 0 aliphatic rings. The average molecular weight is 199 g/mol. The van der Waals surface area contributed by atoms with Gasteiger partial charge in [-0.05, 0) is 24.2 Å². The number of hydrogen-bond acceptors (Lipinski definition) is 1. The fourth-order valence-corrected chi connectivity index (χ4v) is 1.09. The van der Waals surface area contributed by atoms with Crippen LogP contribution in [0.2, 0.25) is 0 Å². The first-order valence-corrected chi connectivity index (χ1v) is 5.47. The summed E-state index contributed by atoms with van der Waals surface area (Å²) in [6, 6.07) is 0. The van der Waals surface area contributed by atoms with Gasteiger partial charge in [-0.15, -0.1) is 0 Å². The molecular formula is C12H25NO. The lowest BCUT2D eigenvalue weighted by molar-refractivity contribution is -0.121. The molecule has 1 amide bonds. The number of amides is 1. The van der Waals surface area contributed by atoms with E-state index < -0.39 is 0 Å². The zero-order valence-corrected chi connectivity index (χ0v) is 10.5. The van der Waals surface area contributed by atoms with E-state index in [4.69, 9.17) is 0 Å². The third-order valence-electron chi connectivity index (χ3n) is 3.38. The molecule has 2 nitrogen and oxygen atoms in total. The second kappa shape index (κ2) is 4.81. The molecule has 2 heteroatoms. The van der Waals surface area contributed by atoms with Gasteiger partial charge in [-0.2, -0.15) is 0 Å². The van der Waals surface area contributed by atoms with Crippen molar-refractivity contribution in [2.45, 2.75) is 54.4 Å². The van der Waals surface area contributed by atoms with Crippen molar-refractivity contribution in [1.82, 2.24) is 5.32 Å². The lowest BCUT2D eigenvalue weighted by atomic mass is 9.67. The SMILES string of the molecule is CCNC(=O)CCC(C)(C)C(C)(C)C. The van der Waals surface area contributed by atoms with Gasteiger partial charge in [0.25, 0.3) is 0 Å². The summed E-state index contributed by atoms with van der Waals surface area (Å²) in [6.45, 7) is 13.8. The number of rotatable bonds is 4. The normalized spacial score (nSPS) is 12.7. The summed E-state index contributed by atoms with van der Waals surface area (Å²) >= 11 is 0. The smallest absolute Gasteiger partial charge is 0.220 e. The van der Waals surface area contributed by atoms with Crippen LogP contribution in [0.3, 0.4) is 0 Å². The van der Waals surface area contributed by atoms with Crippen LogP contribution in [0, 0.1) is 10.8 Å². The van der Waals surface area contributed by atoms with Gasteiger partial charge >= 0.3 is 0 Å². The molecule has 0 radical (unpaired) electrons. The lowest BCUT2D eigenvalue weighted by Gasteiger charge is -2.38. The Hall–Kier alpha value is -0.530. The molecule has 0 bridgehead atoms. The Morgan fingerprint density at radius 3 is 2.00 bits per heavy atom. The Bertz CT molecular complexity index is 189. The molecule has 0 rings (SSSR count).